The third-order valence-electron chi connectivity index (χ3n) is 4.50. The van der Waals surface area contributed by atoms with Gasteiger partial charge >= 0.3 is 0 Å². The molecule has 0 bridgehead atoms. The summed E-state index contributed by atoms with van der Waals surface area (Å²) in [5.74, 6) is 0. The van der Waals surface area contributed by atoms with E-state index in [-0.39, 0.29) is 0 Å². The van der Waals surface area contributed by atoms with E-state index in [1.165, 1.54) is 0 Å². The van der Waals surface area contributed by atoms with Crippen LogP contribution in [0.1, 0.15) is 21.8 Å². The molecule has 0 radical (unpaired) electrons. The smallest absolute Gasteiger partial charge is 0.243 e. The molecule has 2 aromatic rings. The molecule has 0 N–H and O–H groups in total. The van der Waals surface area contributed by atoms with Crippen molar-refractivity contribution in [3.63, 3.8) is 0 Å². The molecule has 0 spiro atoms. The van der Waals surface area contributed by atoms with Crippen LogP contribution in [-0.2, 0) is 16.6 Å². The number of aromatic nitrogens is 1. The van der Waals surface area contributed by atoms with E-state index in [9.17, 15) is 8.42 Å². The summed E-state index contributed by atoms with van der Waals surface area (Å²) in [5, 5.41) is 3.15. The number of aryl methyl sites for hydroxylation is 3. The lowest BCUT2D eigenvalue weighted by Crippen LogP contribution is -2.48. The minimum Gasteiger partial charge on any atom is -0.295 e. The van der Waals surface area contributed by atoms with Gasteiger partial charge in [-0.05, 0) is 44.0 Å². The van der Waals surface area contributed by atoms with Crippen molar-refractivity contribution in [1.29, 1.82) is 0 Å². The zero-order valence-electron chi connectivity index (χ0n) is 14.3. The second-order valence-corrected chi connectivity index (χ2v) is 9.28. The van der Waals surface area contributed by atoms with Crippen molar-refractivity contribution >= 4 is 21.4 Å². The molecule has 0 aliphatic carbocycles. The Morgan fingerprint density at radius 1 is 1.08 bits per heavy atom. The van der Waals surface area contributed by atoms with Gasteiger partial charge in [-0.25, -0.2) is 13.4 Å². The Kier molecular flexibility index (Phi) is 5.05. The Balaban J connectivity index is 1.65. The largest absolute Gasteiger partial charge is 0.295 e. The standard InChI is InChI=1S/C17H23N3O2S2/c1-13-4-5-17(10-14(13)2)24(21,22)20-8-6-19(7-9-20)11-16-12-23-15(3)18-16/h4-5,10,12H,6-9,11H2,1-3H3. The van der Waals surface area contributed by atoms with Gasteiger partial charge in [-0.3, -0.25) is 4.90 Å². The molecule has 1 aliphatic heterocycles. The molecular weight excluding hydrogens is 342 g/mol. The van der Waals surface area contributed by atoms with Crippen LogP contribution in [0.3, 0.4) is 0 Å². The minimum absolute atomic E-state index is 0.397. The van der Waals surface area contributed by atoms with Crippen molar-refractivity contribution in [2.45, 2.75) is 32.2 Å². The average molecular weight is 366 g/mol. The van der Waals surface area contributed by atoms with Gasteiger partial charge in [0.15, 0.2) is 0 Å². The van der Waals surface area contributed by atoms with Gasteiger partial charge in [0.25, 0.3) is 0 Å². The highest BCUT2D eigenvalue weighted by molar-refractivity contribution is 7.89. The predicted molar refractivity (Wildman–Crippen MR) is 96.8 cm³/mol. The Morgan fingerprint density at radius 3 is 2.38 bits per heavy atom. The number of rotatable bonds is 4. The molecule has 1 fully saturated rings. The molecule has 24 heavy (non-hydrogen) atoms. The highest BCUT2D eigenvalue weighted by Crippen LogP contribution is 2.21. The van der Waals surface area contributed by atoms with Crippen LogP contribution in [0.4, 0.5) is 0 Å². The van der Waals surface area contributed by atoms with Crippen LogP contribution in [0.2, 0.25) is 0 Å². The zero-order chi connectivity index (χ0) is 17.3. The van der Waals surface area contributed by atoms with Crippen LogP contribution in [0.5, 0.6) is 0 Å². The van der Waals surface area contributed by atoms with Gasteiger partial charge < -0.3 is 0 Å². The van der Waals surface area contributed by atoms with E-state index in [4.69, 9.17) is 0 Å². The first kappa shape index (κ1) is 17.5. The molecule has 5 nitrogen and oxygen atoms in total. The van der Waals surface area contributed by atoms with E-state index < -0.39 is 10.0 Å². The lowest BCUT2D eigenvalue weighted by Gasteiger charge is -2.33. The van der Waals surface area contributed by atoms with Crippen LogP contribution in [0.25, 0.3) is 0 Å². The first-order chi connectivity index (χ1) is 11.4. The van der Waals surface area contributed by atoms with Crippen molar-refractivity contribution in [2.24, 2.45) is 0 Å². The minimum atomic E-state index is -3.40. The Labute approximate surface area is 148 Å². The van der Waals surface area contributed by atoms with E-state index in [0.717, 1.165) is 41.5 Å². The highest BCUT2D eigenvalue weighted by atomic mass is 32.2. The van der Waals surface area contributed by atoms with Crippen LogP contribution in [0, 0.1) is 20.8 Å². The topological polar surface area (TPSA) is 53.5 Å². The fraction of sp³-hybridized carbons (Fsp3) is 0.471. The maximum Gasteiger partial charge on any atom is 0.243 e. The molecule has 1 aliphatic rings. The molecular formula is C17H23N3O2S2. The first-order valence-electron chi connectivity index (χ1n) is 8.07. The first-order valence-corrected chi connectivity index (χ1v) is 10.4. The summed E-state index contributed by atoms with van der Waals surface area (Å²) in [4.78, 5) is 7.15. The normalized spacial score (nSPS) is 17.3. The van der Waals surface area contributed by atoms with Crippen LogP contribution in [-0.4, -0.2) is 48.8 Å². The number of benzene rings is 1. The molecule has 1 aromatic carbocycles. The van der Waals surface area contributed by atoms with Gasteiger partial charge in [0.05, 0.1) is 15.6 Å². The molecule has 0 amide bonds. The third-order valence-corrected chi connectivity index (χ3v) is 7.22. The van der Waals surface area contributed by atoms with Gasteiger partial charge in [0, 0.05) is 38.1 Å². The quantitative estimate of drug-likeness (QED) is 0.836. The highest BCUT2D eigenvalue weighted by Gasteiger charge is 2.28. The molecule has 1 aromatic heterocycles. The lowest BCUT2D eigenvalue weighted by molar-refractivity contribution is 0.180. The van der Waals surface area contributed by atoms with Crippen LogP contribution in [0.15, 0.2) is 28.5 Å². The van der Waals surface area contributed by atoms with Gasteiger partial charge in [-0.2, -0.15) is 4.31 Å². The maximum absolute atomic E-state index is 12.8. The van der Waals surface area contributed by atoms with E-state index in [0.29, 0.717) is 18.0 Å². The predicted octanol–water partition coefficient (Wildman–Crippen LogP) is 2.57. The molecule has 130 valence electrons. The Morgan fingerprint density at radius 2 is 1.79 bits per heavy atom. The molecule has 0 atom stereocenters. The Bertz CT molecular complexity index is 822. The zero-order valence-corrected chi connectivity index (χ0v) is 16.0. The average Bonchev–Trinajstić information content (AvgIpc) is 2.95. The number of hydrogen-bond acceptors (Lipinski definition) is 5. The van der Waals surface area contributed by atoms with Crippen molar-refractivity contribution in [1.82, 2.24) is 14.2 Å². The lowest BCUT2D eigenvalue weighted by atomic mass is 10.1. The molecule has 2 heterocycles. The summed E-state index contributed by atoms with van der Waals surface area (Å²) in [6.45, 7) is 9.26. The second-order valence-electron chi connectivity index (χ2n) is 6.28. The molecule has 0 unspecified atom stereocenters. The van der Waals surface area contributed by atoms with E-state index in [1.807, 2.05) is 26.8 Å². The van der Waals surface area contributed by atoms with Crippen LogP contribution < -0.4 is 0 Å². The molecule has 3 rings (SSSR count). The second kappa shape index (κ2) is 6.92. The molecule has 1 saturated heterocycles. The maximum atomic E-state index is 12.8. The van der Waals surface area contributed by atoms with Crippen molar-refractivity contribution in [3.8, 4) is 0 Å². The van der Waals surface area contributed by atoms with Gasteiger partial charge in [-0.1, -0.05) is 6.07 Å². The fourth-order valence-electron chi connectivity index (χ4n) is 2.86. The number of hydrogen-bond donors (Lipinski definition) is 0. The SMILES string of the molecule is Cc1nc(CN2CCN(S(=O)(=O)c3ccc(C)c(C)c3)CC2)cs1. The third kappa shape index (κ3) is 3.69. The number of thiazole rings is 1. The van der Waals surface area contributed by atoms with E-state index in [2.05, 4.69) is 15.3 Å². The monoisotopic (exact) mass is 365 g/mol. The summed E-state index contributed by atoms with van der Waals surface area (Å²) in [7, 11) is -3.40. The molecule has 7 heteroatoms. The number of piperazine rings is 1. The van der Waals surface area contributed by atoms with Crippen LogP contribution >= 0.6 is 11.3 Å². The summed E-state index contributed by atoms with van der Waals surface area (Å²) < 4.78 is 27.2. The fourth-order valence-corrected chi connectivity index (χ4v) is 4.97. The van der Waals surface area contributed by atoms with E-state index in [1.54, 1.807) is 27.8 Å². The summed E-state index contributed by atoms with van der Waals surface area (Å²) in [5.41, 5.74) is 3.19. The van der Waals surface area contributed by atoms with Crippen molar-refractivity contribution in [3.05, 3.63) is 45.4 Å². The van der Waals surface area contributed by atoms with Gasteiger partial charge in [-0.15, -0.1) is 11.3 Å². The van der Waals surface area contributed by atoms with Crippen molar-refractivity contribution in [2.75, 3.05) is 26.2 Å². The summed E-state index contributed by atoms with van der Waals surface area (Å²) in [6, 6.07) is 5.36. The number of nitrogens with zero attached hydrogens (tertiary/aromatic N) is 3. The molecule has 0 saturated carbocycles. The van der Waals surface area contributed by atoms with Gasteiger partial charge in [0.1, 0.15) is 0 Å². The van der Waals surface area contributed by atoms with Gasteiger partial charge in [0.2, 0.25) is 10.0 Å². The number of sulfonamides is 1. The summed E-state index contributed by atoms with van der Waals surface area (Å²) >= 11 is 1.65. The Hall–Kier alpha value is -1.28. The summed E-state index contributed by atoms with van der Waals surface area (Å²) in [6.07, 6.45) is 0. The van der Waals surface area contributed by atoms with Crippen molar-refractivity contribution < 1.29 is 8.42 Å². The van der Waals surface area contributed by atoms with E-state index >= 15 is 0 Å².